The fourth-order valence-electron chi connectivity index (χ4n) is 5.03. The number of aromatic nitrogens is 2. The Balaban J connectivity index is 1.48. The summed E-state index contributed by atoms with van der Waals surface area (Å²) >= 11 is 2.54. The van der Waals surface area contributed by atoms with Gasteiger partial charge in [0.2, 0.25) is 0 Å². The average molecular weight is 602 g/mol. The Morgan fingerprint density at radius 1 is 1.21 bits per heavy atom. The molecule has 0 saturated carbocycles. The van der Waals surface area contributed by atoms with Crippen molar-refractivity contribution in [3.63, 3.8) is 0 Å². The van der Waals surface area contributed by atoms with Gasteiger partial charge in [-0.15, -0.1) is 11.3 Å². The minimum absolute atomic E-state index is 0.131. The highest BCUT2D eigenvalue weighted by atomic mass is 32.2. The van der Waals surface area contributed by atoms with E-state index in [0.717, 1.165) is 36.6 Å². The lowest BCUT2D eigenvalue weighted by Crippen LogP contribution is -2.27. The average Bonchev–Trinajstić information content (AvgIpc) is 3.30. The summed E-state index contributed by atoms with van der Waals surface area (Å²) in [5, 5.41) is 15.8. The molecule has 42 heavy (non-hydrogen) atoms. The van der Waals surface area contributed by atoms with E-state index in [1.807, 2.05) is 30.3 Å². The first kappa shape index (κ1) is 29.4. The number of nitrogens with one attached hydrogen (secondary N) is 2. The molecule has 0 fully saturated rings. The van der Waals surface area contributed by atoms with Crippen LogP contribution in [0.25, 0.3) is 0 Å². The zero-order chi connectivity index (χ0) is 30.0. The van der Waals surface area contributed by atoms with Gasteiger partial charge in [0.1, 0.15) is 5.00 Å². The van der Waals surface area contributed by atoms with E-state index >= 15 is 0 Å². The van der Waals surface area contributed by atoms with Crippen molar-refractivity contribution in [3.8, 4) is 0 Å². The van der Waals surface area contributed by atoms with Crippen LogP contribution < -0.4 is 10.9 Å². The molecular weight excluding hydrogens is 571 g/mol. The molecule has 1 atom stereocenters. The van der Waals surface area contributed by atoms with Gasteiger partial charge in [-0.3, -0.25) is 19.7 Å². The van der Waals surface area contributed by atoms with Crippen LogP contribution in [0.1, 0.15) is 59.2 Å². The molecule has 5 rings (SSSR count). The number of anilines is 1. The predicted octanol–water partition coefficient (Wildman–Crippen LogP) is 7.35. The second-order valence-electron chi connectivity index (χ2n) is 11.3. The molecule has 11 heteroatoms. The quantitative estimate of drug-likeness (QED) is 0.0985. The first-order valence-electron chi connectivity index (χ1n) is 13.6. The van der Waals surface area contributed by atoms with Crippen molar-refractivity contribution in [2.75, 3.05) is 5.32 Å². The molecule has 2 aromatic carbocycles. The number of amides is 1. The number of aromatic amines is 1. The molecule has 216 valence electrons. The van der Waals surface area contributed by atoms with Crippen molar-refractivity contribution in [3.05, 3.63) is 102 Å². The number of benzene rings is 2. The van der Waals surface area contributed by atoms with E-state index in [9.17, 15) is 19.7 Å². The lowest BCUT2D eigenvalue weighted by molar-refractivity contribution is -0.387. The molecule has 2 aromatic heterocycles. The van der Waals surface area contributed by atoms with E-state index in [1.54, 1.807) is 25.3 Å². The number of nitrogens with zero attached hydrogens (tertiary/aromatic N) is 3. The van der Waals surface area contributed by atoms with Crippen molar-refractivity contribution in [2.45, 2.75) is 57.0 Å². The number of fused-ring (bicyclic) bond motifs is 1. The summed E-state index contributed by atoms with van der Waals surface area (Å²) in [6, 6.07) is 15.4. The molecule has 0 aliphatic heterocycles. The predicted molar refractivity (Wildman–Crippen MR) is 168 cm³/mol. The molecule has 2 heterocycles. The molecule has 2 N–H and O–H groups in total. The lowest BCUT2D eigenvalue weighted by atomic mass is 9.72. The van der Waals surface area contributed by atoms with Crippen LogP contribution in [0, 0.1) is 28.4 Å². The van der Waals surface area contributed by atoms with E-state index in [1.165, 1.54) is 28.3 Å². The van der Waals surface area contributed by atoms with Crippen LogP contribution in [0.5, 0.6) is 0 Å². The van der Waals surface area contributed by atoms with E-state index in [2.05, 4.69) is 36.1 Å². The topological polar surface area (TPSA) is 130 Å². The van der Waals surface area contributed by atoms with Crippen molar-refractivity contribution in [1.29, 1.82) is 0 Å². The molecule has 1 aliphatic carbocycles. The highest BCUT2D eigenvalue weighted by molar-refractivity contribution is 7.99. The smallest absolute Gasteiger partial charge is 0.283 e. The SMILES string of the molecule is Cc1cc(=O)[nH]c(Sc2ccc(C=Nc3sc4c(c3C(=O)Nc3ccccc3)CC[C@@H](C(C)(C)C)C4)cc2[N+](=O)[O-])n1. The van der Waals surface area contributed by atoms with Gasteiger partial charge >= 0.3 is 0 Å². The molecule has 0 spiro atoms. The number of hydrogen-bond donors (Lipinski definition) is 2. The maximum Gasteiger partial charge on any atom is 0.283 e. The van der Waals surface area contributed by atoms with Crippen molar-refractivity contribution in [2.24, 2.45) is 16.3 Å². The summed E-state index contributed by atoms with van der Waals surface area (Å²) in [7, 11) is 0. The molecule has 0 unspecified atom stereocenters. The second-order valence-corrected chi connectivity index (χ2v) is 13.5. The zero-order valence-electron chi connectivity index (χ0n) is 23.8. The summed E-state index contributed by atoms with van der Waals surface area (Å²) in [5.41, 5.74) is 3.05. The molecule has 4 aromatic rings. The maximum absolute atomic E-state index is 13.6. The summed E-state index contributed by atoms with van der Waals surface area (Å²) in [5.74, 6) is 0.286. The van der Waals surface area contributed by atoms with Crippen molar-refractivity contribution in [1.82, 2.24) is 9.97 Å². The van der Waals surface area contributed by atoms with Gasteiger partial charge in [-0.1, -0.05) is 45.0 Å². The fourth-order valence-corrected chi connectivity index (χ4v) is 7.22. The number of aliphatic imine (C=N–C) groups is 1. The first-order valence-corrected chi connectivity index (χ1v) is 15.2. The third-order valence-electron chi connectivity index (χ3n) is 7.30. The normalized spacial score (nSPS) is 15.0. The number of aryl methyl sites for hydroxylation is 1. The molecule has 0 saturated heterocycles. The summed E-state index contributed by atoms with van der Waals surface area (Å²) in [6.45, 7) is 8.44. The van der Waals surface area contributed by atoms with Gasteiger partial charge in [-0.2, -0.15) is 0 Å². The number of carbonyl (C=O) groups is 1. The fraction of sp³-hybridized carbons (Fsp3) is 0.290. The Bertz CT molecular complexity index is 1740. The number of nitro groups is 1. The third-order valence-corrected chi connectivity index (χ3v) is 9.41. The molecular formula is C31H31N5O4S2. The van der Waals surface area contributed by atoms with E-state index < -0.39 is 4.92 Å². The minimum atomic E-state index is -0.469. The van der Waals surface area contributed by atoms with Crippen molar-refractivity contribution < 1.29 is 9.72 Å². The molecule has 1 amide bonds. The van der Waals surface area contributed by atoms with Gasteiger partial charge in [-0.05, 0) is 78.6 Å². The first-order chi connectivity index (χ1) is 20.0. The van der Waals surface area contributed by atoms with E-state index in [-0.39, 0.29) is 27.7 Å². The summed E-state index contributed by atoms with van der Waals surface area (Å²) in [6.07, 6.45) is 4.24. The number of para-hydroxylation sites is 1. The van der Waals surface area contributed by atoms with Crippen LogP contribution >= 0.6 is 23.1 Å². The van der Waals surface area contributed by atoms with Crippen LogP contribution in [0.15, 0.2) is 74.4 Å². The van der Waals surface area contributed by atoms with Gasteiger partial charge in [-0.25, -0.2) is 9.98 Å². The number of H-pyrrole nitrogens is 1. The van der Waals surface area contributed by atoms with Crippen LogP contribution in [0.3, 0.4) is 0 Å². The number of carbonyl (C=O) groups excluding carboxylic acids is 1. The van der Waals surface area contributed by atoms with Crippen molar-refractivity contribution >= 4 is 51.6 Å². The molecule has 9 nitrogen and oxygen atoms in total. The number of thiophene rings is 1. The van der Waals surface area contributed by atoms with Crippen LogP contribution in [0.2, 0.25) is 0 Å². The van der Waals surface area contributed by atoms with Gasteiger partial charge in [0.25, 0.3) is 17.2 Å². The Labute approximate surface area is 251 Å². The second kappa shape index (κ2) is 12.0. The number of rotatable bonds is 7. The molecule has 1 aliphatic rings. The summed E-state index contributed by atoms with van der Waals surface area (Å²) < 4.78 is 0. The standard InChI is InChI=1S/C31H31N5O4S2/c1-18-14-26(37)35-30(33-18)42-24-13-10-19(15-23(24)36(39)40)17-32-29-27(28(38)34-21-8-6-5-7-9-21)22-12-11-20(31(2,3)4)16-25(22)41-29/h5-10,13-15,17,20H,11-12,16H2,1-4H3,(H,34,38)(H,33,35,37)/t20-/m1/s1. The molecule has 0 bridgehead atoms. The number of nitro benzene ring substituents is 1. The zero-order valence-corrected chi connectivity index (χ0v) is 25.4. The van der Waals surface area contributed by atoms with E-state index in [0.29, 0.717) is 38.3 Å². The Morgan fingerprint density at radius 3 is 2.67 bits per heavy atom. The highest BCUT2D eigenvalue weighted by Crippen LogP contribution is 2.45. The Hall–Kier alpha value is -4.09. The monoisotopic (exact) mass is 601 g/mol. The van der Waals surface area contributed by atoms with Crippen LogP contribution in [-0.2, 0) is 12.8 Å². The summed E-state index contributed by atoms with van der Waals surface area (Å²) in [4.78, 5) is 49.9. The lowest BCUT2D eigenvalue weighted by Gasteiger charge is -2.33. The van der Waals surface area contributed by atoms with Crippen LogP contribution in [-0.4, -0.2) is 27.0 Å². The largest absolute Gasteiger partial charge is 0.322 e. The highest BCUT2D eigenvalue weighted by Gasteiger charge is 2.33. The van der Waals surface area contributed by atoms with Crippen LogP contribution in [0.4, 0.5) is 16.4 Å². The Kier molecular flexibility index (Phi) is 8.42. The Morgan fingerprint density at radius 2 is 1.98 bits per heavy atom. The van der Waals surface area contributed by atoms with Gasteiger partial charge < -0.3 is 10.3 Å². The third kappa shape index (κ3) is 6.69. The molecule has 0 radical (unpaired) electrons. The number of hydrogen-bond acceptors (Lipinski definition) is 8. The minimum Gasteiger partial charge on any atom is -0.322 e. The van der Waals surface area contributed by atoms with Gasteiger partial charge in [0.05, 0.1) is 15.4 Å². The van der Waals surface area contributed by atoms with E-state index in [4.69, 9.17) is 4.99 Å². The van der Waals surface area contributed by atoms with Gasteiger partial charge in [0, 0.05) is 34.6 Å². The van der Waals surface area contributed by atoms with Gasteiger partial charge in [0.15, 0.2) is 5.16 Å². The maximum atomic E-state index is 13.6.